The van der Waals surface area contributed by atoms with Crippen molar-refractivity contribution in [2.45, 2.75) is 26.8 Å². The van der Waals surface area contributed by atoms with Gasteiger partial charge in [-0.3, -0.25) is 4.55 Å². The predicted octanol–water partition coefficient (Wildman–Crippen LogP) is 0.196. The van der Waals surface area contributed by atoms with Gasteiger partial charge in [-0.2, -0.15) is 4.57 Å². The molecule has 0 spiro atoms. The van der Waals surface area contributed by atoms with Crippen molar-refractivity contribution in [3.05, 3.63) is 33.7 Å². The van der Waals surface area contributed by atoms with Gasteiger partial charge in [0.05, 0.1) is 10.4 Å². The lowest BCUT2D eigenvalue weighted by Gasteiger charge is -2.01. The second kappa shape index (κ2) is 11.3. The Labute approximate surface area is 156 Å². The van der Waals surface area contributed by atoms with Crippen molar-refractivity contribution in [3.63, 3.8) is 0 Å². The lowest BCUT2D eigenvalue weighted by Crippen LogP contribution is -2.35. The molecule has 144 valence electrons. The van der Waals surface area contributed by atoms with Gasteiger partial charge in [-0.1, -0.05) is 11.3 Å². The third-order valence-corrected chi connectivity index (χ3v) is 4.00. The van der Waals surface area contributed by atoms with E-state index in [9.17, 15) is 0 Å². The summed E-state index contributed by atoms with van der Waals surface area (Å²) in [7, 11) is -4.92. The molecule has 0 bridgehead atoms. The average Bonchev–Trinajstić information content (AvgIpc) is 2.73. The summed E-state index contributed by atoms with van der Waals surface area (Å²) in [5.41, 5.74) is 10.0. The normalized spacial score (nSPS) is 10.1. The topological polar surface area (TPSA) is 188 Å². The summed E-state index contributed by atoms with van der Waals surface area (Å²) >= 11 is 1.65. The van der Waals surface area contributed by atoms with Crippen LogP contribution in [0.2, 0.25) is 0 Å². The molecule has 0 amide bonds. The Morgan fingerprint density at radius 3 is 2.44 bits per heavy atom. The minimum Gasteiger partial charge on any atom is -0.726 e. The molecule has 0 aliphatic carbocycles. The summed E-state index contributed by atoms with van der Waals surface area (Å²) in [6.07, 6.45) is 2.47. The Balaban J connectivity index is 0. The van der Waals surface area contributed by atoms with E-state index in [4.69, 9.17) is 28.4 Å². The Hall–Kier alpha value is -1.41. The summed E-state index contributed by atoms with van der Waals surface area (Å²) in [6, 6.07) is 0. The maximum Gasteiger partial charge on any atom is 0.225 e. The second-order valence-corrected chi connectivity index (χ2v) is 6.38. The van der Waals surface area contributed by atoms with Crippen LogP contribution in [-0.4, -0.2) is 39.2 Å². The zero-order valence-electron chi connectivity index (χ0n) is 13.7. The number of thiazole rings is 1. The van der Waals surface area contributed by atoms with Gasteiger partial charge in [0.2, 0.25) is 15.9 Å². The lowest BCUT2D eigenvalue weighted by molar-refractivity contribution is -0.689. The van der Waals surface area contributed by atoms with Gasteiger partial charge in [0, 0.05) is 26.1 Å². The average molecular weight is 416 g/mol. The van der Waals surface area contributed by atoms with E-state index in [0.29, 0.717) is 24.6 Å². The first-order valence-electron chi connectivity index (χ1n) is 6.45. The second-order valence-electron chi connectivity index (χ2n) is 4.59. The van der Waals surface area contributed by atoms with E-state index in [-0.39, 0.29) is 25.2 Å². The highest BCUT2D eigenvalue weighted by Crippen LogP contribution is 2.13. The number of aryl methyl sites for hydroxylation is 1. The molecule has 2 heterocycles. The number of hydrogen-bond donors (Lipinski definition) is 4. The summed E-state index contributed by atoms with van der Waals surface area (Å²) in [6.45, 7) is 4.71. The molecule has 0 fully saturated rings. The molecule has 25 heavy (non-hydrogen) atoms. The Bertz CT molecular complexity index is 761. The largest absolute Gasteiger partial charge is 0.726 e. The number of anilines is 1. The molecule has 0 aliphatic rings. The number of halogens is 1. The van der Waals surface area contributed by atoms with Crippen molar-refractivity contribution in [2.24, 2.45) is 0 Å². The zero-order valence-corrected chi connectivity index (χ0v) is 16.2. The number of hydrogen-bond acceptors (Lipinski definition) is 9. The van der Waals surface area contributed by atoms with Crippen LogP contribution in [0.5, 0.6) is 0 Å². The van der Waals surface area contributed by atoms with E-state index in [1.165, 1.54) is 4.88 Å². The van der Waals surface area contributed by atoms with Gasteiger partial charge in [-0.05, 0) is 6.92 Å². The molecule has 2 aromatic heterocycles. The van der Waals surface area contributed by atoms with Crippen LogP contribution in [0, 0.1) is 13.8 Å². The number of nitrogen functional groups attached to an aromatic ring is 1. The quantitative estimate of drug-likeness (QED) is 0.307. The Morgan fingerprint density at radius 1 is 1.40 bits per heavy atom. The number of nitrogens with two attached hydrogens (primary N) is 1. The SMILES string of the molecule is Cc1ncc(C[n+]2csc(CCO)c2C)c(N)n1.Cl.N.O=S(=O)([O-])O. The van der Waals surface area contributed by atoms with Gasteiger partial charge in [0.15, 0.2) is 12.2 Å². The molecular formula is C12H22ClN5O5S2. The van der Waals surface area contributed by atoms with E-state index >= 15 is 0 Å². The number of aliphatic hydroxyl groups is 1. The van der Waals surface area contributed by atoms with E-state index in [1.54, 1.807) is 17.5 Å². The van der Waals surface area contributed by atoms with Gasteiger partial charge >= 0.3 is 0 Å². The molecule has 0 saturated heterocycles. The molecule has 0 unspecified atom stereocenters. The Morgan fingerprint density at radius 2 is 1.96 bits per heavy atom. The van der Waals surface area contributed by atoms with Crippen LogP contribution in [0.1, 0.15) is 22.0 Å². The zero-order chi connectivity index (χ0) is 17.6. The standard InChI is InChI=1S/C12H17N4OS.ClH.H3N.H2O4S/c1-8-11(3-4-17)18-7-16(8)6-10-5-14-9(2)15-12(10)13;;;1-5(2,3)4/h5,7,17H,3-4,6H2,1-2H3,(H2,13,14,15);1H;1H3;(H2,1,2,3,4)/q+1;;;/p-1. The first-order chi connectivity index (χ1) is 10.6. The number of nitrogens with zero attached hydrogens (tertiary/aromatic N) is 3. The summed E-state index contributed by atoms with van der Waals surface area (Å²) in [5, 5.41) is 8.98. The van der Waals surface area contributed by atoms with E-state index < -0.39 is 10.4 Å². The molecular weight excluding hydrogens is 394 g/mol. The number of aromatic nitrogens is 3. The number of rotatable bonds is 4. The minimum atomic E-state index is -4.92. The van der Waals surface area contributed by atoms with E-state index in [0.717, 1.165) is 11.3 Å². The fourth-order valence-corrected chi connectivity index (χ4v) is 2.75. The van der Waals surface area contributed by atoms with Gasteiger partial charge in [0.25, 0.3) is 0 Å². The molecule has 2 rings (SSSR count). The van der Waals surface area contributed by atoms with Crippen LogP contribution in [0.4, 0.5) is 5.82 Å². The minimum absolute atomic E-state index is 0. The van der Waals surface area contributed by atoms with Gasteiger partial charge < -0.3 is 21.5 Å². The fourth-order valence-electron chi connectivity index (χ4n) is 1.77. The van der Waals surface area contributed by atoms with Crippen LogP contribution in [0.15, 0.2) is 11.7 Å². The van der Waals surface area contributed by atoms with E-state index in [1.807, 2.05) is 19.4 Å². The molecule has 0 saturated carbocycles. The molecule has 0 aliphatic heterocycles. The third-order valence-electron chi connectivity index (χ3n) is 2.85. The lowest BCUT2D eigenvalue weighted by atomic mass is 10.2. The van der Waals surface area contributed by atoms with Crippen LogP contribution >= 0.6 is 23.7 Å². The van der Waals surface area contributed by atoms with Crippen LogP contribution in [0.25, 0.3) is 0 Å². The van der Waals surface area contributed by atoms with Gasteiger partial charge in [-0.15, -0.1) is 12.4 Å². The molecule has 0 radical (unpaired) electrons. The van der Waals surface area contributed by atoms with Crippen molar-refractivity contribution >= 4 is 40.0 Å². The highest BCUT2D eigenvalue weighted by molar-refractivity contribution is 7.79. The molecule has 0 atom stereocenters. The predicted molar refractivity (Wildman–Crippen MR) is 94.9 cm³/mol. The summed E-state index contributed by atoms with van der Waals surface area (Å²) < 4.78 is 34.9. The monoisotopic (exact) mass is 415 g/mol. The molecule has 2 aromatic rings. The molecule has 0 aromatic carbocycles. The maximum atomic E-state index is 8.98. The fraction of sp³-hybridized carbons (Fsp3) is 0.417. The summed E-state index contributed by atoms with van der Waals surface area (Å²) in [5.74, 6) is 1.22. The third kappa shape index (κ3) is 9.60. The van der Waals surface area contributed by atoms with E-state index in [2.05, 4.69) is 14.5 Å². The molecule has 13 heteroatoms. The van der Waals surface area contributed by atoms with Crippen molar-refractivity contribution < 1.29 is 27.2 Å². The molecule has 7 N–H and O–H groups in total. The van der Waals surface area contributed by atoms with Crippen LogP contribution < -0.4 is 16.5 Å². The Kier molecular flexibility index (Phi) is 11.6. The highest BCUT2D eigenvalue weighted by atomic mass is 35.5. The smallest absolute Gasteiger partial charge is 0.225 e. The van der Waals surface area contributed by atoms with Gasteiger partial charge in [0.1, 0.15) is 11.6 Å². The summed E-state index contributed by atoms with van der Waals surface area (Å²) in [4.78, 5) is 9.53. The highest BCUT2D eigenvalue weighted by Gasteiger charge is 2.16. The number of aliphatic hydroxyl groups excluding tert-OH is 1. The van der Waals surface area contributed by atoms with Crippen LogP contribution in [0.3, 0.4) is 0 Å². The van der Waals surface area contributed by atoms with Crippen LogP contribution in [-0.2, 0) is 23.4 Å². The van der Waals surface area contributed by atoms with Crippen molar-refractivity contribution in [1.29, 1.82) is 0 Å². The maximum absolute atomic E-state index is 8.98. The van der Waals surface area contributed by atoms with Gasteiger partial charge in [-0.25, -0.2) is 18.4 Å². The van der Waals surface area contributed by atoms with Crippen molar-refractivity contribution in [1.82, 2.24) is 16.1 Å². The van der Waals surface area contributed by atoms with Crippen molar-refractivity contribution in [2.75, 3.05) is 12.3 Å². The first kappa shape index (κ1) is 25.8. The molecule has 10 nitrogen and oxygen atoms in total. The van der Waals surface area contributed by atoms with Crippen molar-refractivity contribution in [3.8, 4) is 0 Å². The first-order valence-corrected chi connectivity index (χ1v) is 8.69.